The van der Waals surface area contributed by atoms with E-state index in [0.29, 0.717) is 38.8 Å². The average molecular weight is 441 g/mol. The zero-order valence-corrected chi connectivity index (χ0v) is 20.1. The van der Waals surface area contributed by atoms with Gasteiger partial charge in [-0.15, -0.1) is 0 Å². The van der Waals surface area contributed by atoms with Gasteiger partial charge in [0.05, 0.1) is 19.1 Å². The van der Waals surface area contributed by atoms with Crippen LogP contribution in [-0.4, -0.2) is 88.1 Å². The number of nitrogens with zero attached hydrogens (tertiary/aromatic N) is 2. The quantitative estimate of drug-likeness (QED) is 0.454. The topological polar surface area (TPSA) is 83.1 Å². The monoisotopic (exact) mass is 440 g/mol. The Labute approximate surface area is 188 Å². The second kappa shape index (κ2) is 13.4. The molecule has 2 N–H and O–H groups in total. The van der Waals surface area contributed by atoms with Gasteiger partial charge in [0.25, 0.3) is 0 Å². The summed E-state index contributed by atoms with van der Waals surface area (Å²) in [7, 11) is 5.95. The van der Waals surface area contributed by atoms with Crippen molar-refractivity contribution in [2.24, 2.45) is 11.8 Å². The van der Waals surface area contributed by atoms with E-state index < -0.39 is 5.79 Å². The Kier molecular flexibility index (Phi) is 11.2. The summed E-state index contributed by atoms with van der Waals surface area (Å²) >= 11 is 0. The normalized spacial score (nSPS) is 21.4. The molecule has 1 aliphatic carbocycles. The van der Waals surface area contributed by atoms with Crippen LogP contribution in [0.4, 0.5) is 4.79 Å². The highest BCUT2D eigenvalue weighted by Crippen LogP contribution is 2.41. The molecule has 8 heteroatoms. The molecule has 0 aromatic carbocycles. The summed E-state index contributed by atoms with van der Waals surface area (Å²) in [6, 6.07) is -0.264. The van der Waals surface area contributed by atoms with E-state index in [-0.39, 0.29) is 17.9 Å². The zero-order valence-electron chi connectivity index (χ0n) is 20.1. The number of carbonyl (C=O) groups is 2. The van der Waals surface area contributed by atoms with Gasteiger partial charge in [-0.1, -0.05) is 13.3 Å². The second-order valence-corrected chi connectivity index (χ2v) is 9.29. The zero-order chi connectivity index (χ0) is 22.7. The summed E-state index contributed by atoms with van der Waals surface area (Å²) in [6.07, 6.45) is 7.33. The number of amides is 3. The lowest BCUT2D eigenvalue weighted by atomic mass is 9.79. The molecule has 8 nitrogen and oxygen atoms in total. The van der Waals surface area contributed by atoms with Crippen LogP contribution in [0.2, 0.25) is 0 Å². The van der Waals surface area contributed by atoms with Crippen molar-refractivity contribution in [2.75, 3.05) is 60.5 Å². The standard InChI is InChI=1S/C23H44N4O4/c1-5-12-27(22(29)25-11-6-7-13-26(3)4)21(28)20(18-24-2)16-19-9-8-10-23(17-19)30-14-15-31-23/h19-20,24H,5-18H2,1-4H3,(H,25,29)/t19-,20-/m1/s1. The van der Waals surface area contributed by atoms with Crippen molar-refractivity contribution in [3.63, 3.8) is 0 Å². The lowest BCUT2D eigenvalue weighted by Crippen LogP contribution is -2.49. The van der Waals surface area contributed by atoms with E-state index in [1.807, 2.05) is 28.1 Å². The molecule has 0 bridgehead atoms. The maximum Gasteiger partial charge on any atom is 0.324 e. The first-order valence-corrected chi connectivity index (χ1v) is 12.1. The lowest BCUT2D eigenvalue weighted by molar-refractivity contribution is -0.188. The van der Waals surface area contributed by atoms with E-state index in [1.54, 1.807) is 0 Å². The largest absolute Gasteiger partial charge is 0.348 e. The molecule has 31 heavy (non-hydrogen) atoms. The van der Waals surface area contributed by atoms with Gasteiger partial charge >= 0.3 is 6.03 Å². The first-order valence-electron chi connectivity index (χ1n) is 12.1. The number of rotatable bonds is 12. The minimum absolute atomic E-state index is 0.0742. The summed E-state index contributed by atoms with van der Waals surface area (Å²) < 4.78 is 11.8. The van der Waals surface area contributed by atoms with Gasteiger partial charge in [-0.05, 0) is 65.7 Å². The lowest BCUT2D eigenvalue weighted by Gasteiger charge is -2.37. The third kappa shape index (κ3) is 8.33. The minimum Gasteiger partial charge on any atom is -0.348 e. The molecule has 1 saturated carbocycles. The molecule has 0 aromatic rings. The fourth-order valence-electron chi connectivity index (χ4n) is 4.78. The number of imide groups is 1. The molecule has 2 atom stereocenters. The maximum absolute atomic E-state index is 13.4. The van der Waals surface area contributed by atoms with Crippen LogP contribution in [0.3, 0.4) is 0 Å². The molecule has 1 saturated heterocycles. The average Bonchev–Trinajstić information content (AvgIpc) is 3.18. The summed E-state index contributed by atoms with van der Waals surface area (Å²) in [5.41, 5.74) is 0. The number of carbonyl (C=O) groups excluding carboxylic acids is 2. The Bertz CT molecular complexity index is 552. The van der Waals surface area contributed by atoms with Gasteiger partial charge in [-0.3, -0.25) is 9.69 Å². The van der Waals surface area contributed by atoms with Crippen molar-refractivity contribution >= 4 is 11.9 Å². The smallest absolute Gasteiger partial charge is 0.324 e. The van der Waals surface area contributed by atoms with Gasteiger partial charge < -0.3 is 25.0 Å². The Hall–Kier alpha value is -1.22. The summed E-state index contributed by atoms with van der Waals surface area (Å²) in [4.78, 5) is 29.7. The van der Waals surface area contributed by atoms with Crippen LogP contribution in [0.5, 0.6) is 0 Å². The molecule has 0 aromatic heterocycles. The van der Waals surface area contributed by atoms with Crippen LogP contribution < -0.4 is 10.6 Å². The molecule has 3 amide bonds. The van der Waals surface area contributed by atoms with Crippen molar-refractivity contribution in [3.05, 3.63) is 0 Å². The van der Waals surface area contributed by atoms with Crippen LogP contribution in [-0.2, 0) is 14.3 Å². The van der Waals surface area contributed by atoms with E-state index in [9.17, 15) is 9.59 Å². The molecule has 2 fully saturated rings. The van der Waals surface area contributed by atoms with E-state index in [2.05, 4.69) is 15.5 Å². The molecule has 0 unspecified atom stereocenters. The predicted molar refractivity (Wildman–Crippen MR) is 122 cm³/mol. The van der Waals surface area contributed by atoms with Crippen LogP contribution in [0.15, 0.2) is 0 Å². The number of hydrogen-bond donors (Lipinski definition) is 2. The highest BCUT2D eigenvalue weighted by Gasteiger charge is 2.42. The van der Waals surface area contributed by atoms with Crippen molar-refractivity contribution in [2.45, 2.75) is 64.1 Å². The van der Waals surface area contributed by atoms with Gasteiger partial charge in [0.2, 0.25) is 5.91 Å². The maximum atomic E-state index is 13.4. The van der Waals surface area contributed by atoms with Crippen molar-refractivity contribution in [1.29, 1.82) is 0 Å². The Morgan fingerprint density at radius 3 is 2.55 bits per heavy atom. The molecule has 180 valence electrons. The fraction of sp³-hybridized carbons (Fsp3) is 0.913. The van der Waals surface area contributed by atoms with Crippen LogP contribution in [0, 0.1) is 11.8 Å². The van der Waals surface area contributed by atoms with Gasteiger partial charge in [-0.25, -0.2) is 4.79 Å². The molecule has 2 aliphatic rings. The molecular weight excluding hydrogens is 396 g/mol. The van der Waals surface area contributed by atoms with E-state index in [4.69, 9.17) is 9.47 Å². The SMILES string of the molecule is CCCN(C(=O)NCCCCN(C)C)C(=O)[C@@H](CNC)C[C@H]1CCCC2(C1)OCCO2. The van der Waals surface area contributed by atoms with E-state index in [1.165, 1.54) is 4.90 Å². The van der Waals surface area contributed by atoms with E-state index >= 15 is 0 Å². The van der Waals surface area contributed by atoms with Crippen molar-refractivity contribution in [3.8, 4) is 0 Å². The van der Waals surface area contributed by atoms with Crippen LogP contribution in [0.1, 0.15) is 58.3 Å². The van der Waals surface area contributed by atoms with Crippen molar-refractivity contribution < 1.29 is 19.1 Å². The summed E-state index contributed by atoms with van der Waals surface area (Å²) in [5.74, 6) is -0.373. The van der Waals surface area contributed by atoms with Gasteiger partial charge in [0.1, 0.15) is 0 Å². The summed E-state index contributed by atoms with van der Waals surface area (Å²) in [5, 5.41) is 6.11. The van der Waals surface area contributed by atoms with Gasteiger partial charge in [0, 0.05) is 32.5 Å². The predicted octanol–water partition coefficient (Wildman–Crippen LogP) is 2.44. The number of nitrogens with one attached hydrogen (secondary N) is 2. The fourth-order valence-corrected chi connectivity index (χ4v) is 4.78. The Morgan fingerprint density at radius 2 is 1.90 bits per heavy atom. The molecule has 0 radical (unpaired) electrons. The third-order valence-corrected chi connectivity index (χ3v) is 6.27. The van der Waals surface area contributed by atoms with Crippen LogP contribution >= 0.6 is 0 Å². The number of unbranched alkanes of at least 4 members (excludes halogenated alkanes) is 1. The molecule has 2 rings (SSSR count). The third-order valence-electron chi connectivity index (χ3n) is 6.27. The van der Waals surface area contributed by atoms with E-state index in [0.717, 1.165) is 57.9 Å². The minimum atomic E-state index is -0.441. The van der Waals surface area contributed by atoms with Crippen LogP contribution in [0.25, 0.3) is 0 Å². The highest BCUT2D eigenvalue weighted by molar-refractivity contribution is 5.95. The highest BCUT2D eigenvalue weighted by atomic mass is 16.7. The van der Waals surface area contributed by atoms with Gasteiger partial charge in [-0.2, -0.15) is 0 Å². The second-order valence-electron chi connectivity index (χ2n) is 9.29. The molecular formula is C23H44N4O4. The Balaban J connectivity index is 1.93. The number of urea groups is 1. The molecule has 1 spiro atoms. The Morgan fingerprint density at radius 1 is 1.16 bits per heavy atom. The number of ether oxygens (including phenoxy) is 2. The molecule has 1 heterocycles. The summed E-state index contributed by atoms with van der Waals surface area (Å²) in [6.45, 7) is 5.92. The first kappa shape index (κ1) is 26.0. The molecule has 1 aliphatic heterocycles. The first-order chi connectivity index (χ1) is 14.9. The van der Waals surface area contributed by atoms with Crippen molar-refractivity contribution in [1.82, 2.24) is 20.4 Å². The number of hydrogen-bond acceptors (Lipinski definition) is 6. The van der Waals surface area contributed by atoms with Gasteiger partial charge in [0.15, 0.2) is 5.79 Å².